The molecular weight excluding hydrogens is 348 g/mol. The molecule has 0 spiro atoms. The molecule has 5 heteroatoms. The van der Waals surface area contributed by atoms with Gasteiger partial charge in [-0.25, -0.2) is 4.98 Å². The summed E-state index contributed by atoms with van der Waals surface area (Å²) in [6.07, 6.45) is 0. The van der Waals surface area contributed by atoms with Crippen molar-refractivity contribution in [3.63, 3.8) is 0 Å². The lowest BCUT2D eigenvalue weighted by Gasteiger charge is -2.33. The number of nitrogens with one attached hydrogen (secondary N) is 1. The third kappa shape index (κ3) is 4.49. The van der Waals surface area contributed by atoms with E-state index in [4.69, 9.17) is 4.98 Å². The summed E-state index contributed by atoms with van der Waals surface area (Å²) in [6.45, 7) is 7.84. The number of amides is 1. The van der Waals surface area contributed by atoms with Crippen LogP contribution in [0, 0.1) is 0 Å². The van der Waals surface area contributed by atoms with Crippen molar-refractivity contribution < 1.29 is 4.79 Å². The van der Waals surface area contributed by atoms with E-state index in [1.54, 1.807) is 0 Å². The number of pyridine rings is 1. The van der Waals surface area contributed by atoms with Gasteiger partial charge in [-0.05, 0) is 31.3 Å². The van der Waals surface area contributed by atoms with E-state index in [0.717, 1.165) is 48.6 Å². The Bertz CT molecular complexity index is 918. The summed E-state index contributed by atoms with van der Waals surface area (Å²) in [5.41, 5.74) is 2.30. The molecule has 1 N–H and O–H groups in total. The van der Waals surface area contributed by atoms with E-state index in [-0.39, 0.29) is 5.91 Å². The summed E-state index contributed by atoms with van der Waals surface area (Å²) in [4.78, 5) is 22.3. The molecule has 146 valence electrons. The zero-order valence-corrected chi connectivity index (χ0v) is 16.9. The molecule has 0 bridgehead atoms. The van der Waals surface area contributed by atoms with Crippen molar-refractivity contribution >= 4 is 28.3 Å². The molecule has 5 nitrogen and oxygen atoms in total. The second-order valence-electron chi connectivity index (χ2n) is 6.66. The summed E-state index contributed by atoms with van der Waals surface area (Å²) < 4.78 is 0. The van der Waals surface area contributed by atoms with Crippen LogP contribution in [0.15, 0.2) is 60.7 Å². The van der Waals surface area contributed by atoms with E-state index in [1.807, 2.05) is 74.5 Å². The van der Waals surface area contributed by atoms with Crippen molar-refractivity contribution in [1.82, 2.24) is 9.88 Å². The lowest BCUT2D eigenvalue weighted by Crippen LogP contribution is -2.44. The van der Waals surface area contributed by atoms with E-state index < -0.39 is 0 Å². The normalized spacial score (nSPS) is 14.3. The van der Waals surface area contributed by atoms with Crippen LogP contribution in [0.2, 0.25) is 0 Å². The highest BCUT2D eigenvalue weighted by molar-refractivity contribution is 6.13. The molecule has 0 unspecified atom stereocenters. The number of benzene rings is 2. The SMILES string of the molecule is CC.CN1CCN(c2cc(C(=O)Nc3ccccc3)c3ccccc3n2)CC1. The molecule has 1 aliphatic heterocycles. The van der Waals surface area contributed by atoms with E-state index in [1.165, 1.54) is 0 Å². The van der Waals surface area contributed by atoms with Crippen LogP contribution in [-0.2, 0) is 0 Å². The molecule has 4 rings (SSSR count). The monoisotopic (exact) mass is 376 g/mol. The molecule has 2 heterocycles. The van der Waals surface area contributed by atoms with Crippen molar-refractivity contribution in [2.75, 3.05) is 43.4 Å². The van der Waals surface area contributed by atoms with Crippen LogP contribution < -0.4 is 10.2 Å². The fraction of sp³-hybridized carbons (Fsp3) is 0.304. The number of carbonyl (C=O) groups excluding carboxylic acids is 1. The highest BCUT2D eigenvalue weighted by atomic mass is 16.1. The molecule has 1 amide bonds. The van der Waals surface area contributed by atoms with Gasteiger partial charge in [-0.15, -0.1) is 0 Å². The first-order chi connectivity index (χ1) is 13.7. The number of anilines is 2. The van der Waals surface area contributed by atoms with E-state index in [9.17, 15) is 4.79 Å². The van der Waals surface area contributed by atoms with Crippen LogP contribution in [0.25, 0.3) is 10.9 Å². The zero-order chi connectivity index (χ0) is 19.9. The molecule has 1 saturated heterocycles. The van der Waals surface area contributed by atoms with Gasteiger partial charge in [0.15, 0.2) is 0 Å². The van der Waals surface area contributed by atoms with Crippen LogP contribution in [0.4, 0.5) is 11.5 Å². The van der Waals surface area contributed by atoms with E-state index >= 15 is 0 Å². The number of fused-ring (bicyclic) bond motifs is 1. The van der Waals surface area contributed by atoms with Gasteiger partial charge in [0.2, 0.25) is 0 Å². The van der Waals surface area contributed by atoms with Crippen molar-refractivity contribution in [2.24, 2.45) is 0 Å². The van der Waals surface area contributed by atoms with Gasteiger partial charge >= 0.3 is 0 Å². The number of para-hydroxylation sites is 2. The minimum Gasteiger partial charge on any atom is -0.354 e. The summed E-state index contributed by atoms with van der Waals surface area (Å²) >= 11 is 0. The Kier molecular flexibility index (Phi) is 6.61. The number of hydrogen-bond donors (Lipinski definition) is 1. The number of likely N-dealkylation sites (N-methyl/N-ethyl adjacent to an activating group) is 1. The molecule has 0 aliphatic carbocycles. The Balaban J connectivity index is 0.00000109. The fourth-order valence-electron chi connectivity index (χ4n) is 3.27. The van der Waals surface area contributed by atoms with Gasteiger partial charge in [0.05, 0.1) is 11.1 Å². The third-order valence-electron chi connectivity index (χ3n) is 4.81. The molecule has 0 atom stereocenters. The maximum atomic E-state index is 12.9. The smallest absolute Gasteiger partial charge is 0.256 e. The van der Waals surface area contributed by atoms with Crippen molar-refractivity contribution in [1.29, 1.82) is 0 Å². The summed E-state index contributed by atoms with van der Waals surface area (Å²) in [5, 5.41) is 3.87. The standard InChI is InChI=1S/C21H22N4O.C2H6/c1-24-11-13-25(14-12-24)20-15-18(17-9-5-6-10-19(17)23-20)21(26)22-16-7-3-2-4-8-16;1-2/h2-10,15H,11-14H2,1H3,(H,22,26);1-2H3. The number of rotatable bonds is 3. The highest BCUT2D eigenvalue weighted by Gasteiger charge is 2.19. The lowest BCUT2D eigenvalue weighted by molar-refractivity contribution is 0.102. The maximum absolute atomic E-state index is 12.9. The minimum atomic E-state index is -0.106. The van der Waals surface area contributed by atoms with E-state index in [2.05, 4.69) is 22.2 Å². The topological polar surface area (TPSA) is 48.5 Å². The largest absolute Gasteiger partial charge is 0.354 e. The number of piperazine rings is 1. The molecular formula is C23H28N4O. The van der Waals surface area contributed by atoms with Gasteiger partial charge in [-0.1, -0.05) is 50.2 Å². The molecule has 3 aromatic rings. The van der Waals surface area contributed by atoms with Crippen LogP contribution in [-0.4, -0.2) is 49.0 Å². The third-order valence-corrected chi connectivity index (χ3v) is 4.81. The molecule has 28 heavy (non-hydrogen) atoms. The Morgan fingerprint density at radius 3 is 2.29 bits per heavy atom. The lowest BCUT2D eigenvalue weighted by atomic mass is 10.1. The molecule has 0 saturated carbocycles. The van der Waals surface area contributed by atoms with Crippen LogP contribution >= 0.6 is 0 Å². The fourth-order valence-corrected chi connectivity index (χ4v) is 3.27. The van der Waals surface area contributed by atoms with Crippen LogP contribution in [0.3, 0.4) is 0 Å². The summed E-state index contributed by atoms with van der Waals surface area (Å²) in [6, 6.07) is 19.3. The molecule has 0 radical (unpaired) electrons. The molecule has 1 fully saturated rings. The molecule has 2 aromatic carbocycles. The van der Waals surface area contributed by atoms with Gasteiger partial charge in [0, 0.05) is 37.3 Å². The summed E-state index contributed by atoms with van der Waals surface area (Å²) in [5.74, 6) is 0.764. The number of carbonyl (C=O) groups is 1. The van der Waals surface area contributed by atoms with Crippen LogP contribution in [0.5, 0.6) is 0 Å². The van der Waals surface area contributed by atoms with Gasteiger partial charge in [-0.2, -0.15) is 0 Å². The van der Waals surface area contributed by atoms with Crippen molar-refractivity contribution in [2.45, 2.75) is 13.8 Å². The molecule has 1 aliphatic rings. The second kappa shape index (κ2) is 9.33. The number of nitrogens with zero attached hydrogens (tertiary/aromatic N) is 3. The minimum absolute atomic E-state index is 0.106. The average molecular weight is 377 g/mol. The van der Waals surface area contributed by atoms with Gasteiger partial charge < -0.3 is 15.1 Å². The van der Waals surface area contributed by atoms with Crippen molar-refractivity contribution in [3.05, 3.63) is 66.2 Å². The predicted molar refractivity (Wildman–Crippen MR) is 117 cm³/mol. The quantitative estimate of drug-likeness (QED) is 0.742. The molecule has 1 aromatic heterocycles. The Hall–Kier alpha value is -2.92. The maximum Gasteiger partial charge on any atom is 0.256 e. The second-order valence-corrected chi connectivity index (χ2v) is 6.66. The van der Waals surface area contributed by atoms with Gasteiger partial charge in [0.1, 0.15) is 5.82 Å². The van der Waals surface area contributed by atoms with Crippen LogP contribution in [0.1, 0.15) is 24.2 Å². The van der Waals surface area contributed by atoms with E-state index in [0.29, 0.717) is 5.56 Å². The first-order valence-electron chi connectivity index (χ1n) is 9.90. The van der Waals surface area contributed by atoms with Gasteiger partial charge in [0.25, 0.3) is 5.91 Å². The Labute approximate surface area is 167 Å². The Morgan fingerprint density at radius 2 is 1.57 bits per heavy atom. The Morgan fingerprint density at radius 1 is 0.929 bits per heavy atom. The highest BCUT2D eigenvalue weighted by Crippen LogP contribution is 2.24. The van der Waals surface area contributed by atoms with Gasteiger partial charge in [-0.3, -0.25) is 4.79 Å². The summed E-state index contributed by atoms with van der Waals surface area (Å²) in [7, 11) is 2.13. The average Bonchev–Trinajstić information content (AvgIpc) is 2.75. The number of aromatic nitrogens is 1. The predicted octanol–water partition coefficient (Wildman–Crippen LogP) is 4.27. The first kappa shape index (κ1) is 19.8. The zero-order valence-electron chi connectivity index (χ0n) is 16.9. The first-order valence-corrected chi connectivity index (χ1v) is 9.90. The van der Waals surface area contributed by atoms with Crippen molar-refractivity contribution in [3.8, 4) is 0 Å². The number of hydrogen-bond acceptors (Lipinski definition) is 4.